The lowest BCUT2D eigenvalue weighted by atomic mass is 9.70. The Balaban J connectivity index is 1.45. The van der Waals surface area contributed by atoms with Crippen LogP contribution in [0.25, 0.3) is 0 Å². The molecule has 6 rings (SSSR count). The molecule has 1 spiro atoms. The number of thioether (sulfide) groups is 1. The first-order valence-electron chi connectivity index (χ1n) is 12.6. The number of aryl methyl sites for hydroxylation is 1. The lowest BCUT2D eigenvalue weighted by molar-refractivity contribution is 0.102. The lowest BCUT2D eigenvalue weighted by Gasteiger charge is -2.41. The molecule has 3 aromatic rings. The number of carbonyl (C=O) groups is 1. The lowest BCUT2D eigenvalue weighted by Crippen LogP contribution is -2.50. The van der Waals surface area contributed by atoms with Crippen LogP contribution in [0.1, 0.15) is 47.2 Å². The second-order valence-electron chi connectivity index (χ2n) is 10.2. The molecule has 1 amide bonds. The molecule has 1 saturated heterocycles. The van der Waals surface area contributed by atoms with Gasteiger partial charge in [0.25, 0.3) is 15.9 Å². The Bertz CT molecular complexity index is 1450. The van der Waals surface area contributed by atoms with E-state index >= 15 is 0 Å². The maximum atomic E-state index is 14.1. The zero-order chi connectivity index (χ0) is 25.8. The zero-order valence-corrected chi connectivity index (χ0v) is 22.1. The third-order valence-electron chi connectivity index (χ3n) is 7.83. The maximum absolute atomic E-state index is 14.1. The van der Waals surface area contributed by atoms with Crippen molar-refractivity contribution < 1.29 is 17.6 Å². The predicted octanol–water partition coefficient (Wildman–Crippen LogP) is 5.53. The highest BCUT2D eigenvalue weighted by atomic mass is 32.2. The molecule has 192 valence electrons. The van der Waals surface area contributed by atoms with E-state index in [1.165, 1.54) is 24.3 Å². The van der Waals surface area contributed by atoms with Crippen molar-refractivity contribution in [3.8, 4) is 0 Å². The molecule has 1 atom stereocenters. The Morgan fingerprint density at radius 1 is 1.08 bits per heavy atom. The van der Waals surface area contributed by atoms with Gasteiger partial charge >= 0.3 is 0 Å². The number of hydrogen-bond acceptors (Lipinski definition) is 5. The van der Waals surface area contributed by atoms with Crippen molar-refractivity contribution in [2.45, 2.75) is 49.0 Å². The fourth-order valence-corrected chi connectivity index (χ4v) is 8.91. The van der Waals surface area contributed by atoms with Crippen LogP contribution in [0.15, 0.2) is 65.7 Å². The van der Waals surface area contributed by atoms with Crippen LogP contribution in [0.5, 0.6) is 0 Å². The van der Waals surface area contributed by atoms with E-state index in [1.807, 2.05) is 30.8 Å². The summed E-state index contributed by atoms with van der Waals surface area (Å²) in [7, 11) is -3.93. The number of benzene rings is 2. The first kappa shape index (κ1) is 24.4. The Morgan fingerprint density at radius 3 is 2.46 bits per heavy atom. The van der Waals surface area contributed by atoms with Crippen LogP contribution in [-0.4, -0.2) is 36.9 Å². The van der Waals surface area contributed by atoms with Crippen molar-refractivity contribution >= 4 is 39.2 Å². The van der Waals surface area contributed by atoms with Crippen LogP contribution in [0.2, 0.25) is 0 Å². The molecule has 2 fully saturated rings. The number of carbonyl (C=O) groups excluding carboxylic acids is 1. The van der Waals surface area contributed by atoms with Gasteiger partial charge in [0.05, 0.1) is 16.6 Å². The molecule has 1 aromatic heterocycles. The van der Waals surface area contributed by atoms with Crippen LogP contribution in [0, 0.1) is 18.7 Å². The van der Waals surface area contributed by atoms with Gasteiger partial charge in [0, 0.05) is 17.2 Å². The number of fused-ring (bicyclic) bond motifs is 2. The highest BCUT2D eigenvalue weighted by molar-refractivity contribution is 7.99. The summed E-state index contributed by atoms with van der Waals surface area (Å²) in [6, 6.07) is 13.9. The summed E-state index contributed by atoms with van der Waals surface area (Å²) in [4.78, 5) is 17.6. The van der Waals surface area contributed by atoms with Crippen molar-refractivity contribution in [3.63, 3.8) is 0 Å². The molecule has 2 aliphatic heterocycles. The number of rotatable bonds is 5. The smallest absolute Gasteiger partial charge is 0.264 e. The van der Waals surface area contributed by atoms with Gasteiger partial charge < -0.3 is 5.32 Å². The minimum Gasteiger partial charge on any atom is -0.307 e. The van der Waals surface area contributed by atoms with Crippen LogP contribution in [0.3, 0.4) is 0 Å². The Hall–Kier alpha value is -2.91. The number of hydrogen-bond donors (Lipinski definition) is 1. The first-order valence-corrected chi connectivity index (χ1v) is 15.2. The van der Waals surface area contributed by atoms with Crippen LogP contribution >= 0.6 is 11.8 Å². The van der Waals surface area contributed by atoms with E-state index in [4.69, 9.17) is 0 Å². The summed E-state index contributed by atoms with van der Waals surface area (Å²) < 4.78 is 43.4. The molecule has 1 N–H and O–H groups in total. The molecule has 2 aromatic carbocycles. The van der Waals surface area contributed by atoms with Crippen molar-refractivity contribution in [3.05, 3.63) is 83.3 Å². The van der Waals surface area contributed by atoms with Gasteiger partial charge in [-0.2, -0.15) is 11.8 Å². The quantitative estimate of drug-likeness (QED) is 0.463. The second kappa shape index (κ2) is 9.13. The number of sulfonamides is 1. The zero-order valence-electron chi connectivity index (χ0n) is 20.5. The SMILES string of the molecule is Cc1ccc(NC(=O)c2ccc3c(c2)C2(CCSCC2)C(C2CC2)N3S(=O)(=O)c2ccc(F)cc2)nc1. The fraction of sp³-hybridized carbons (Fsp3) is 0.357. The van der Waals surface area contributed by atoms with Gasteiger partial charge in [-0.05, 0) is 110 Å². The molecule has 37 heavy (non-hydrogen) atoms. The molecule has 1 saturated carbocycles. The molecule has 1 unspecified atom stereocenters. The number of nitrogens with zero attached hydrogens (tertiary/aromatic N) is 2. The summed E-state index contributed by atoms with van der Waals surface area (Å²) in [6.45, 7) is 1.93. The van der Waals surface area contributed by atoms with Crippen molar-refractivity contribution in [2.75, 3.05) is 21.1 Å². The van der Waals surface area contributed by atoms with E-state index in [9.17, 15) is 17.6 Å². The standard InChI is InChI=1S/C28H28FN3O3S2/c1-18-2-11-25(30-17-18)31-27(33)20-5-10-24-23(16-20)28(12-14-36-15-13-28)26(19-3-4-19)32(24)37(34,35)22-8-6-21(29)7-9-22/h2,5-11,16-17,19,26H,3-4,12-15H2,1H3,(H,30,31,33). The molecular formula is C28H28FN3O3S2. The van der Waals surface area contributed by atoms with Gasteiger partial charge in [0.15, 0.2) is 0 Å². The molecule has 1 aliphatic carbocycles. The highest BCUT2D eigenvalue weighted by Gasteiger charge is 2.59. The summed E-state index contributed by atoms with van der Waals surface area (Å²) in [6.07, 6.45) is 5.37. The van der Waals surface area contributed by atoms with E-state index in [1.54, 1.807) is 28.7 Å². The molecule has 3 aliphatic rings. The number of aromatic nitrogens is 1. The number of pyridine rings is 1. The van der Waals surface area contributed by atoms with Gasteiger partial charge in [-0.25, -0.2) is 17.8 Å². The monoisotopic (exact) mass is 537 g/mol. The molecular weight excluding hydrogens is 509 g/mol. The average molecular weight is 538 g/mol. The first-order chi connectivity index (χ1) is 17.8. The number of amides is 1. The largest absolute Gasteiger partial charge is 0.307 e. The summed E-state index contributed by atoms with van der Waals surface area (Å²) in [5, 5.41) is 2.87. The second-order valence-corrected chi connectivity index (χ2v) is 13.3. The average Bonchev–Trinajstić information content (AvgIpc) is 3.70. The summed E-state index contributed by atoms with van der Waals surface area (Å²) in [5.41, 5.74) is 2.70. The molecule has 0 radical (unpaired) electrons. The molecule has 6 nitrogen and oxygen atoms in total. The van der Waals surface area contributed by atoms with E-state index < -0.39 is 15.8 Å². The minimum absolute atomic E-state index is 0.0833. The third-order valence-corrected chi connectivity index (χ3v) is 10.6. The van der Waals surface area contributed by atoms with Crippen molar-refractivity contribution in [2.24, 2.45) is 5.92 Å². The summed E-state index contributed by atoms with van der Waals surface area (Å²) in [5.74, 6) is 1.87. The highest BCUT2D eigenvalue weighted by Crippen LogP contribution is 2.59. The van der Waals surface area contributed by atoms with Crippen molar-refractivity contribution in [1.29, 1.82) is 0 Å². The van der Waals surface area contributed by atoms with E-state index in [0.29, 0.717) is 17.1 Å². The predicted molar refractivity (Wildman–Crippen MR) is 144 cm³/mol. The fourth-order valence-electron chi connectivity index (χ4n) is 5.89. The van der Waals surface area contributed by atoms with Crippen LogP contribution in [-0.2, 0) is 15.4 Å². The number of anilines is 2. The Kier molecular flexibility index (Phi) is 6.03. The topological polar surface area (TPSA) is 79.4 Å². The van der Waals surface area contributed by atoms with Crippen LogP contribution < -0.4 is 9.62 Å². The Labute approximate surface area is 220 Å². The molecule has 3 heterocycles. The van der Waals surface area contributed by atoms with E-state index in [2.05, 4.69) is 10.3 Å². The minimum atomic E-state index is -3.93. The van der Waals surface area contributed by atoms with Gasteiger partial charge in [0.2, 0.25) is 0 Å². The van der Waals surface area contributed by atoms with E-state index in [-0.39, 0.29) is 28.2 Å². The summed E-state index contributed by atoms with van der Waals surface area (Å²) >= 11 is 1.89. The third kappa shape index (κ3) is 4.22. The van der Waals surface area contributed by atoms with E-state index in [0.717, 1.165) is 48.3 Å². The Morgan fingerprint density at radius 2 is 1.81 bits per heavy atom. The molecule has 9 heteroatoms. The number of nitrogens with one attached hydrogen (secondary N) is 1. The van der Waals surface area contributed by atoms with Gasteiger partial charge in [0.1, 0.15) is 11.6 Å². The van der Waals surface area contributed by atoms with Crippen molar-refractivity contribution in [1.82, 2.24) is 4.98 Å². The van der Waals surface area contributed by atoms with Gasteiger partial charge in [-0.15, -0.1) is 0 Å². The van der Waals surface area contributed by atoms with Crippen LogP contribution in [0.4, 0.5) is 15.9 Å². The van der Waals surface area contributed by atoms with Gasteiger partial charge in [-0.3, -0.25) is 9.10 Å². The maximum Gasteiger partial charge on any atom is 0.264 e. The normalized spacial score (nSPS) is 20.6. The number of halogens is 1. The van der Waals surface area contributed by atoms with Gasteiger partial charge in [-0.1, -0.05) is 6.07 Å². The molecule has 0 bridgehead atoms.